The molecule has 22 heavy (non-hydrogen) atoms. The molecule has 0 aliphatic heterocycles. The summed E-state index contributed by atoms with van der Waals surface area (Å²) in [6.45, 7) is 2.42. The highest BCUT2D eigenvalue weighted by molar-refractivity contribution is 6.32. The van der Waals surface area contributed by atoms with Gasteiger partial charge in [0.05, 0.1) is 19.1 Å². The Kier molecular flexibility index (Phi) is 7.51. The molecule has 0 saturated carbocycles. The van der Waals surface area contributed by atoms with Crippen LogP contribution in [0.3, 0.4) is 0 Å². The molecule has 0 aromatic heterocycles. The molecule has 0 unspecified atom stereocenters. The largest absolute Gasteiger partial charge is 1.00 e. The first-order valence-electron chi connectivity index (χ1n) is 6.90. The lowest BCUT2D eigenvalue weighted by Gasteiger charge is -2.29. The summed E-state index contributed by atoms with van der Waals surface area (Å²) < 4.78 is 6.58. The van der Waals surface area contributed by atoms with Gasteiger partial charge in [0, 0.05) is 10.6 Å². The molecule has 2 aromatic carbocycles. The maximum Gasteiger partial charge on any atom is 0.138 e. The van der Waals surface area contributed by atoms with Crippen LogP contribution in [-0.4, -0.2) is 31.7 Å². The number of quaternary nitrogens is 1. The number of para-hydroxylation sites is 1. The van der Waals surface area contributed by atoms with Gasteiger partial charge in [-0.05, 0) is 24.3 Å². The van der Waals surface area contributed by atoms with Crippen LogP contribution >= 0.6 is 23.2 Å². The lowest BCUT2D eigenvalue weighted by atomic mass is 10.2. The summed E-state index contributed by atoms with van der Waals surface area (Å²) in [5.74, 6) is 0.738. The van der Waals surface area contributed by atoms with E-state index in [1.54, 1.807) is 0 Å². The zero-order valence-electron chi connectivity index (χ0n) is 12.7. The zero-order valence-corrected chi connectivity index (χ0v) is 15.0. The Hall–Kier alpha value is -0.930. The minimum Gasteiger partial charge on any atom is -1.00 e. The zero-order chi connectivity index (χ0) is 15.3. The van der Waals surface area contributed by atoms with Crippen LogP contribution in [0, 0.1) is 0 Å². The lowest BCUT2D eigenvalue weighted by molar-refractivity contribution is -0.903. The summed E-state index contributed by atoms with van der Waals surface area (Å²) in [4.78, 5) is 0. The summed E-state index contributed by atoms with van der Waals surface area (Å²) in [5.41, 5.74) is 1.23. The maximum absolute atomic E-state index is 6.08. The summed E-state index contributed by atoms with van der Waals surface area (Å²) in [6.07, 6.45) is 0. The Balaban J connectivity index is 0.00000242. The minimum absolute atomic E-state index is 0. The van der Waals surface area contributed by atoms with Crippen molar-refractivity contribution in [3.8, 4) is 5.75 Å². The van der Waals surface area contributed by atoms with E-state index in [1.807, 2.05) is 42.5 Å². The molecule has 0 heterocycles. The highest BCUT2D eigenvalue weighted by Gasteiger charge is 2.16. The first kappa shape index (κ1) is 19.1. The van der Waals surface area contributed by atoms with E-state index >= 15 is 0 Å². The summed E-state index contributed by atoms with van der Waals surface area (Å²) in [7, 11) is 4.35. The molecule has 120 valence electrons. The number of hydrogen-bond donors (Lipinski definition) is 0. The van der Waals surface area contributed by atoms with Crippen molar-refractivity contribution in [1.29, 1.82) is 0 Å². The Labute approximate surface area is 148 Å². The third-order valence-corrected chi connectivity index (χ3v) is 3.84. The van der Waals surface area contributed by atoms with Gasteiger partial charge in [0.15, 0.2) is 0 Å². The van der Waals surface area contributed by atoms with Crippen LogP contribution in [-0.2, 0) is 6.54 Å². The first-order chi connectivity index (χ1) is 9.96. The van der Waals surface area contributed by atoms with E-state index in [4.69, 9.17) is 27.9 Å². The molecule has 0 fully saturated rings. The average Bonchev–Trinajstić information content (AvgIpc) is 2.40. The van der Waals surface area contributed by atoms with Crippen LogP contribution in [0.25, 0.3) is 0 Å². The fourth-order valence-electron chi connectivity index (χ4n) is 2.17. The Morgan fingerprint density at radius 3 is 2.41 bits per heavy atom. The Morgan fingerprint density at radius 2 is 1.73 bits per heavy atom. The topological polar surface area (TPSA) is 9.23 Å². The monoisotopic (exact) mass is 359 g/mol. The van der Waals surface area contributed by atoms with Crippen molar-refractivity contribution < 1.29 is 21.6 Å². The Morgan fingerprint density at radius 1 is 1.00 bits per heavy atom. The quantitative estimate of drug-likeness (QED) is 0.712. The van der Waals surface area contributed by atoms with Crippen molar-refractivity contribution in [3.05, 3.63) is 64.1 Å². The van der Waals surface area contributed by atoms with Gasteiger partial charge in [-0.2, -0.15) is 0 Å². The van der Waals surface area contributed by atoms with Crippen LogP contribution in [0.5, 0.6) is 5.75 Å². The van der Waals surface area contributed by atoms with Gasteiger partial charge in [-0.15, -0.1) is 0 Å². The summed E-state index contributed by atoms with van der Waals surface area (Å²) in [6, 6.07) is 15.5. The van der Waals surface area contributed by atoms with E-state index < -0.39 is 0 Å². The maximum atomic E-state index is 6.08. The molecular weight excluding hydrogens is 341 g/mol. The molecule has 0 amide bonds. The van der Waals surface area contributed by atoms with E-state index in [1.165, 1.54) is 5.56 Å². The number of halogens is 3. The summed E-state index contributed by atoms with van der Waals surface area (Å²) in [5, 5.41) is 1.43. The number of benzene rings is 2. The molecule has 0 aliphatic rings. The van der Waals surface area contributed by atoms with Gasteiger partial charge in [0.2, 0.25) is 0 Å². The molecule has 0 saturated heterocycles. The molecule has 0 atom stereocenters. The number of rotatable bonds is 6. The average molecular weight is 361 g/mol. The fraction of sp³-hybridized carbons (Fsp3) is 0.294. The predicted octanol–water partition coefficient (Wildman–Crippen LogP) is 1.65. The molecule has 2 aromatic rings. The van der Waals surface area contributed by atoms with Crippen molar-refractivity contribution in [1.82, 2.24) is 0 Å². The smallest absolute Gasteiger partial charge is 0.138 e. The first-order valence-corrected chi connectivity index (χ1v) is 7.66. The van der Waals surface area contributed by atoms with Crippen molar-refractivity contribution in [2.24, 2.45) is 0 Å². The van der Waals surface area contributed by atoms with Gasteiger partial charge in [-0.3, -0.25) is 0 Å². The van der Waals surface area contributed by atoms with E-state index in [0.29, 0.717) is 11.6 Å². The standard InChI is InChI=1S/C17H20Cl2NO.ClH/c1-20(2,13-14-6-5-7-15(18)12-14)10-11-21-17-9-4-3-8-16(17)19;/h3-9,12H,10-11,13H2,1-2H3;1H/q+1;/p-1. The highest BCUT2D eigenvalue weighted by Crippen LogP contribution is 2.23. The van der Waals surface area contributed by atoms with Crippen LogP contribution in [0.15, 0.2) is 48.5 Å². The predicted molar refractivity (Wildman–Crippen MR) is 89.1 cm³/mol. The number of nitrogens with zero attached hydrogens (tertiary/aromatic N) is 1. The second kappa shape index (κ2) is 8.64. The fourth-order valence-corrected chi connectivity index (χ4v) is 2.58. The van der Waals surface area contributed by atoms with Crippen LogP contribution in [0.1, 0.15) is 5.56 Å². The number of ether oxygens (including phenoxy) is 1. The lowest BCUT2D eigenvalue weighted by Crippen LogP contribution is -3.00. The minimum atomic E-state index is 0. The molecule has 0 radical (unpaired) electrons. The second-order valence-corrected chi connectivity index (χ2v) is 6.57. The van der Waals surface area contributed by atoms with Crippen molar-refractivity contribution in [2.75, 3.05) is 27.2 Å². The SMILES string of the molecule is C[N+](C)(CCOc1ccccc1Cl)Cc1cccc(Cl)c1.[Cl-]. The normalized spacial score (nSPS) is 10.9. The highest BCUT2D eigenvalue weighted by atomic mass is 35.5. The number of likely N-dealkylation sites (N-methyl/N-ethyl adjacent to an activating group) is 1. The molecule has 0 N–H and O–H groups in total. The molecule has 2 nitrogen and oxygen atoms in total. The molecule has 2 rings (SSSR count). The summed E-state index contributed by atoms with van der Waals surface area (Å²) >= 11 is 12.1. The van der Waals surface area contributed by atoms with E-state index in [0.717, 1.165) is 28.3 Å². The van der Waals surface area contributed by atoms with Crippen LogP contribution < -0.4 is 17.1 Å². The Bertz CT molecular complexity index is 602. The van der Waals surface area contributed by atoms with E-state index in [-0.39, 0.29) is 12.4 Å². The van der Waals surface area contributed by atoms with Gasteiger partial charge < -0.3 is 21.6 Å². The third kappa shape index (κ3) is 6.05. The van der Waals surface area contributed by atoms with E-state index in [2.05, 4.69) is 20.2 Å². The van der Waals surface area contributed by atoms with Gasteiger partial charge in [-0.25, -0.2) is 0 Å². The van der Waals surface area contributed by atoms with Gasteiger partial charge >= 0.3 is 0 Å². The second-order valence-electron chi connectivity index (χ2n) is 5.73. The van der Waals surface area contributed by atoms with E-state index in [9.17, 15) is 0 Å². The van der Waals surface area contributed by atoms with Crippen molar-refractivity contribution in [3.63, 3.8) is 0 Å². The van der Waals surface area contributed by atoms with Gasteiger partial charge in [0.1, 0.15) is 25.4 Å². The molecule has 5 heteroatoms. The van der Waals surface area contributed by atoms with Gasteiger partial charge in [-0.1, -0.05) is 47.5 Å². The molecular formula is C17H20Cl3NO. The van der Waals surface area contributed by atoms with Gasteiger partial charge in [0.25, 0.3) is 0 Å². The molecule has 0 spiro atoms. The third-order valence-electron chi connectivity index (χ3n) is 3.29. The van der Waals surface area contributed by atoms with Crippen molar-refractivity contribution in [2.45, 2.75) is 6.54 Å². The number of hydrogen-bond acceptors (Lipinski definition) is 1. The van der Waals surface area contributed by atoms with Crippen molar-refractivity contribution >= 4 is 23.2 Å². The van der Waals surface area contributed by atoms with Crippen LogP contribution in [0.4, 0.5) is 0 Å². The van der Waals surface area contributed by atoms with Crippen LogP contribution in [0.2, 0.25) is 10.0 Å². The molecule has 0 aliphatic carbocycles. The molecule has 0 bridgehead atoms.